The van der Waals surface area contributed by atoms with Gasteiger partial charge in [0.05, 0.1) is 0 Å². The SMILES string of the molecule is CC(C)CCCCCCCCCCCCCCC(=O)[O][Ti](=[O])([O]C(=O)CCCCCCCCCCCCCCC(C)C)([C](=O)CCCCCCCCCCCCCCC(C)C)[C](=O)CCCCCCCCCCCCCCC(C)C. The van der Waals surface area contributed by atoms with Crippen molar-refractivity contribution in [1.29, 1.82) is 0 Å². The summed E-state index contributed by atoms with van der Waals surface area (Å²) in [7, 11) is 0. The molecule has 0 aromatic rings. The van der Waals surface area contributed by atoms with Crippen LogP contribution in [0.25, 0.3) is 0 Å². The minimum absolute atomic E-state index is 0.0506. The van der Waals surface area contributed by atoms with Crippen molar-refractivity contribution in [2.24, 2.45) is 23.7 Å². The second-order valence-corrected chi connectivity index (χ2v) is 32.9. The van der Waals surface area contributed by atoms with Crippen LogP contribution in [0.1, 0.15) is 415 Å². The fourth-order valence-corrected chi connectivity index (χ4v) is 16.5. The van der Waals surface area contributed by atoms with Gasteiger partial charge in [0, 0.05) is 0 Å². The average molecular weight is 1170 g/mol. The molecule has 80 heavy (non-hydrogen) atoms. The Morgan fingerprint density at radius 1 is 0.225 bits per heavy atom. The quantitative estimate of drug-likeness (QED) is 0.0441. The molecule has 0 aliphatic rings. The van der Waals surface area contributed by atoms with Crippen molar-refractivity contribution < 1.29 is 45.2 Å². The van der Waals surface area contributed by atoms with Gasteiger partial charge in [-0.05, 0) is 23.7 Å². The molecule has 0 fully saturated rings. The molecule has 0 rings (SSSR count). The standard InChI is InChI=1S/2C18H36O2.2C18H35O.O.Ti/c2*1-17(2)15-13-11-9-7-5-3-4-6-8-10-12-14-16-18(19)20;2*1-18(2)16-14-12-10-8-6-4-3-5-7-9-11-13-15-17-19;;/h2*17H,3-16H2,1-2H3,(H,19,20);2*18H,3-16H2,1-2H3;;/q;;;;;+2/p-2. The van der Waals surface area contributed by atoms with E-state index in [9.17, 15) is 19.2 Å². The van der Waals surface area contributed by atoms with Gasteiger partial charge in [-0.15, -0.1) is 0 Å². The first-order chi connectivity index (χ1) is 38.6. The molecule has 474 valence electrons. The van der Waals surface area contributed by atoms with Crippen molar-refractivity contribution >= 4 is 20.1 Å². The van der Waals surface area contributed by atoms with Crippen molar-refractivity contribution in [2.45, 2.75) is 415 Å². The van der Waals surface area contributed by atoms with E-state index in [1.807, 2.05) is 0 Å². The summed E-state index contributed by atoms with van der Waals surface area (Å²) >= 11 is -7.29. The second-order valence-electron chi connectivity index (χ2n) is 27.5. The van der Waals surface area contributed by atoms with Crippen molar-refractivity contribution in [3.63, 3.8) is 0 Å². The minimum atomic E-state index is -7.29. The van der Waals surface area contributed by atoms with Crippen LogP contribution in [0, 0.1) is 23.7 Å². The van der Waals surface area contributed by atoms with Crippen LogP contribution in [-0.4, -0.2) is 20.1 Å². The topological polar surface area (TPSA) is 104 Å². The smallest absolute Gasteiger partial charge is 0.0628 e. The van der Waals surface area contributed by atoms with Crippen LogP contribution in [0.4, 0.5) is 0 Å². The monoisotopic (exact) mass is 1170 g/mol. The third-order valence-electron chi connectivity index (χ3n) is 17.3. The molecule has 0 heterocycles. The van der Waals surface area contributed by atoms with Crippen LogP contribution < -0.4 is 0 Å². The molecule has 8 heteroatoms. The normalized spacial score (nSPS) is 12.2. The first kappa shape index (κ1) is 78.8. The van der Waals surface area contributed by atoms with Crippen LogP contribution in [0.3, 0.4) is 0 Å². The molecule has 0 aromatic carbocycles. The maximum absolute atomic E-state index is 15.8. The van der Waals surface area contributed by atoms with Crippen molar-refractivity contribution in [2.75, 3.05) is 0 Å². The van der Waals surface area contributed by atoms with Crippen LogP contribution in [-0.2, 0) is 45.2 Å². The molecule has 0 aromatic heterocycles. The molecule has 0 radical (unpaired) electrons. The Hall–Kier alpha value is -1.21. The fourth-order valence-electron chi connectivity index (χ4n) is 11.7. The van der Waals surface area contributed by atoms with Gasteiger partial charge < -0.3 is 0 Å². The van der Waals surface area contributed by atoms with Crippen molar-refractivity contribution in [3.05, 3.63) is 0 Å². The third-order valence-corrected chi connectivity index (χ3v) is 22.9. The van der Waals surface area contributed by atoms with E-state index in [1.54, 1.807) is 0 Å². The van der Waals surface area contributed by atoms with E-state index in [4.69, 9.17) is 6.64 Å². The molecule has 0 aliphatic heterocycles. The number of hydrogen-bond donors (Lipinski definition) is 0. The van der Waals surface area contributed by atoms with Gasteiger partial charge in [-0.2, -0.15) is 0 Å². The van der Waals surface area contributed by atoms with E-state index >= 15 is 3.32 Å². The molecule has 0 N–H and O–H groups in total. The molecule has 0 saturated heterocycles. The summed E-state index contributed by atoms with van der Waals surface area (Å²) in [4.78, 5) is 56.9. The van der Waals surface area contributed by atoms with Gasteiger partial charge in [0.15, 0.2) is 0 Å². The number of hydrogen-bond acceptors (Lipinski definition) is 7. The summed E-state index contributed by atoms with van der Waals surface area (Å²) in [5.74, 6) is 1.51. The molecule has 7 nitrogen and oxygen atoms in total. The average Bonchev–Trinajstić information content (AvgIpc) is 3.41. The van der Waals surface area contributed by atoms with Crippen LogP contribution in [0.5, 0.6) is 0 Å². The Morgan fingerprint density at radius 3 is 0.525 bits per heavy atom. The van der Waals surface area contributed by atoms with Gasteiger partial charge in [0.1, 0.15) is 0 Å². The Balaban J connectivity index is 5.63. The van der Waals surface area contributed by atoms with Gasteiger partial charge in [0.25, 0.3) is 0 Å². The maximum atomic E-state index is 15.8. The molecule has 0 saturated carbocycles. The third kappa shape index (κ3) is 49.1. The Bertz CT molecular complexity index is 1380. The number of carbonyl (C=O) groups is 4. The number of carbonyl (C=O) groups excluding carboxylic acids is 4. The number of unbranched alkanes of at least 4 members (excludes halogenated alkanes) is 44. The predicted octanol–water partition coefficient (Wildman–Crippen LogP) is 24.5. The van der Waals surface area contributed by atoms with Crippen LogP contribution >= 0.6 is 0 Å². The molecule has 0 atom stereocenters. The summed E-state index contributed by atoms with van der Waals surface area (Å²) in [5, 5.41) is 0. The number of rotatable bonds is 64. The Labute approximate surface area is 501 Å². The van der Waals surface area contributed by atoms with E-state index in [0.717, 1.165) is 114 Å². The predicted molar refractivity (Wildman–Crippen MR) is 341 cm³/mol. The molecule has 0 aliphatic carbocycles. The zero-order valence-corrected chi connectivity index (χ0v) is 56.8. The zero-order valence-electron chi connectivity index (χ0n) is 55.3. The second kappa shape index (κ2) is 55.7. The van der Waals surface area contributed by atoms with Gasteiger partial charge in [-0.25, -0.2) is 0 Å². The fraction of sp³-hybridized carbons (Fsp3) is 0.944. The van der Waals surface area contributed by atoms with E-state index in [-0.39, 0.29) is 25.7 Å². The van der Waals surface area contributed by atoms with Gasteiger partial charge >= 0.3 is 335 Å². The van der Waals surface area contributed by atoms with E-state index in [2.05, 4.69) is 55.4 Å². The molecular formula is C72H140O7Ti. The first-order valence-corrected chi connectivity index (χ1v) is 39.5. The molecule has 0 bridgehead atoms. The molecular weight excluding hydrogens is 1020 g/mol. The molecule has 0 amide bonds. The Morgan fingerprint density at radius 2 is 0.362 bits per heavy atom. The van der Waals surface area contributed by atoms with Crippen molar-refractivity contribution in [1.82, 2.24) is 0 Å². The van der Waals surface area contributed by atoms with E-state index in [0.29, 0.717) is 25.7 Å². The van der Waals surface area contributed by atoms with E-state index < -0.39 is 36.2 Å². The molecule has 0 unspecified atom stereocenters. The summed E-state index contributed by atoms with van der Waals surface area (Å²) in [6, 6.07) is 0. The summed E-state index contributed by atoms with van der Waals surface area (Å²) in [6.45, 7) is 18.4. The first-order valence-electron chi connectivity index (χ1n) is 36.0. The van der Waals surface area contributed by atoms with Gasteiger partial charge in [-0.3, -0.25) is 0 Å². The minimum Gasteiger partial charge on any atom is -0.0628 e. The van der Waals surface area contributed by atoms with Crippen LogP contribution in [0.15, 0.2) is 0 Å². The van der Waals surface area contributed by atoms with Crippen molar-refractivity contribution in [3.8, 4) is 0 Å². The van der Waals surface area contributed by atoms with E-state index in [1.165, 1.54) is 218 Å². The zero-order chi connectivity index (χ0) is 59.1. The van der Waals surface area contributed by atoms with Crippen LogP contribution in [0.2, 0.25) is 0 Å². The summed E-state index contributed by atoms with van der Waals surface area (Å²) < 4.78 is 25.7. The van der Waals surface area contributed by atoms with Gasteiger partial charge in [0.2, 0.25) is 0 Å². The summed E-state index contributed by atoms with van der Waals surface area (Å²) in [6.07, 6.45) is 59.1. The summed E-state index contributed by atoms with van der Waals surface area (Å²) in [5.41, 5.74) is 0. The Kier molecular flexibility index (Phi) is 54.8. The van der Waals surface area contributed by atoms with Gasteiger partial charge in [-0.1, -0.05) is 145 Å². The molecule has 0 spiro atoms.